The van der Waals surface area contributed by atoms with Crippen LogP contribution in [0.15, 0.2) is 69.0 Å². The molecule has 1 saturated heterocycles. The first-order valence-corrected chi connectivity index (χ1v) is 24.5. The molecule has 0 aliphatic carbocycles. The third-order valence-corrected chi connectivity index (χ3v) is 13.7. The average Bonchev–Trinajstić information content (AvgIpc) is 4.17. The molecule has 67 heavy (non-hydrogen) atoms. The quantitative estimate of drug-likeness (QED) is 0.0888. The van der Waals surface area contributed by atoms with Crippen LogP contribution in [0.2, 0.25) is 0 Å². The molecular formula is C44H44N10O9S4. The predicted molar refractivity (Wildman–Crippen MR) is 251 cm³/mol. The Morgan fingerprint density at radius 3 is 2.34 bits per heavy atom. The van der Waals surface area contributed by atoms with Gasteiger partial charge in [0.05, 0.1) is 12.3 Å². The first-order valence-electron chi connectivity index (χ1n) is 21.0. The van der Waals surface area contributed by atoms with Crippen molar-refractivity contribution in [2.45, 2.75) is 70.4 Å². The maximum absolute atomic E-state index is 13.3. The van der Waals surface area contributed by atoms with Gasteiger partial charge in [-0.2, -0.15) is 0 Å². The van der Waals surface area contributed by atoms with E-state index in [9.17, 15) is 29.1 Å². The van der Waals surface area contributed by atoms with Gasteiger partial charge >= 0.3 is 12.1 Å². The Morgan fingerprint density at radius 1 is 0.881 bits per heavy atom. The van der Waals surface area contributed by atoms with Crippen molar-refractivity contribution >= 4 is 81.0 Å². The Morgan fingerprint density at radius 2 is 1.60 bits per heavy atom. The third kappa shape index (κ3) is 10.9. The molecule has 0 saturated carbocycles. The number of pyridine rings is 1. The lowest BCUT2D eigenvalue weighted by atomic mass is 10.0. The minimum atomic E-state index is -1.20. The summed E-state index contributed by atoms with van der Waals surface area (Å²) in [5, 5.41) is 25.7. The van der Waals surface area contributed by atoms with E-state index in [0.29, 0.717) is 79.0 Å². The van der Waals surface area contributed by atoms with Gasteiger partial charge in [-0.3, -0.25) is 14.4 Å². The highest BCUT2D eigenvalue weighted by Crippen LogP contribution is 2.39. The number of amides is 4. The number of nitrogens with one attached hydrogen (secondary N) is 2. The normalized spacial score (nSPS) is 16.7. The van der Waals surface area contributed by atoms with Gasteiger partial charge in [0.1, 0.15) is 79.7 Å². The van der Waals surface area contributed by atoms with E-state index in [4.69, 9.17) is 39.9 Å². The van der Waals surface area contributed by atoms with Crippen molar-refractivity contribution < 1.29 is 43.3 Å². The molecule has 2 aliphatic rings. The standard InChI is InChI=1S/C44H44N10O9S4/c1-5-61-42(59)29-21-64-37(52-29)23-13-14-24(38-50-27(19-66-38)36-48-25(17-62-36)41(58)54-15-9-12-30(54)35(45)57)47-32(23)26-18-65-39(49-26)28-20-67-40(51-28)33(34(56)22-10-7-6-8-11-22)53-31(55)16-46-43(60)63-44(2,3)4/h6-8,10-11,13-14,18-21,25,30,33-34,56H,5,9,12,15-17H2,1-4H3,(H2,45,57)(H,46,60)(H,53,55)/t25-,30-,33+,34-/m0/s1. The molecule has 348 valence electrons. The van der Waals surface area contributed by atoms with Crippen molar-refractivity contribution in [2.75, 3.05) is 26.3 Å². The van der Waals surface area contributed by atoms with Gasteiger partial charge in [0.2, 0.25) is 17.7 Å². The molecule has 0 radical (unpaired) electrons. The van der Waals surface area contributed by atoms with Gasteiger partial charge in [0.25, 0.3) is 5.91 Å². The minimum absolute atomic E-state index is 0.00454. The van der Waals surface area contributed by atoms with Crippen LogP contribution in [-0.4, -0.2) is 115 Å². The van der Waals surface area contributed by atoms with Gasteiger partial charge < -0.3 is 40.6 Å². The molecule has 6 aromatic rings. The number of benzene rings is 1. The van der Waals surface area contributed by atoms with Crippen LogP contribution in [0.25, 0.3) is 43.4 Å². The Kier molecular flexibility index (Phi) is 14.1. The second kappa shape index (κ2) is 20.1. The van der Waals surface area contributed by atoms with E-state index in [-0.39, 0.29) is 30.7 Å². The number of primary amides is 1. The van der Waals surface area contributed by atoms with Crippen LogP contribution in [-0.2, 0) is 28.6 Å². The summed E-state index contributed by atoms with van der Waals surface area (Å²) in [5.74, 6) is -1.79. The number of aliphatic imine (C=N–C) groups is 1. The summed E-state index contributed by atoms with van der Waals surface area (Å²) in [6.07, 6.45) is -0.766. The largest absolute Gasteiger partial charge is 0.473 e. The van der Waals surface area contributed by atoms with E-state index in [1.54, 1.807) is 74.2 Å². The first-order chi connectivity index (χ1) is 32.1. The summed E-state index contributed by atoms with van der Waals surface area (Å²) >= 11 is 5.07. The number of rotatable bonds is 15. The number of aliphatic hydroxyl groups is 1. The monoisotopic (exact) mass is 984 g/mol. The van der Waals surface area contributed by atoms with Gasteiger partial charge in [-0.05, 0) is 58.2 Å². The summed E-state index contributed by atoms with van der Waals surface area (Å²) in [7, 11) is 0. The molecule has 0 spiro atoms. The second-order valence-corrected chi connectivity index (χ2v) is 19.6. The number of likely N-dealkylation sites (tertiary alicyclic amines) is 1. The van der Waals surface area contributed by atoms with Crippen LogP contribution < -0.4 is 16.4 Å². The number of nitrogens with two attached hydrogens (primary N) is 1. The molecule has 5 aromatic heterocycles. The second-order valence-electron chi connectivity index (χ2n) is 16.1. The number of hydrogen-bond donors (Lipinski definition) is 4. The molecule has 4 amide bonds. The van der Waals surface area contributed by atoms with E-state index < -0.39 is 60.3 Å². The van der Waals surface area contributed by atoms with Crippen molar-refractivity contribution in [2.24, 2.45) is 10.7 Å². The van der Waals surface area contributed by atoms with Gasteiger partial charge in [-0.1, -0.05) is 30.3 Å². The number of thiazole rings is 4. The van der Waals surface area contributed by atoms with E-state index in [0.717, 1.165) is 0 Å². The zero-order valence-corrected chi connectivity index (χ0v) is 39.7. The lowest BCUT2D eigenvalue weighted by Gasteiger charge is -2.23. The lowest BCUT2D eigenvalue weighted by molar-refractivity contribution is -0.138. The highest BCUT2D eigenvalue weighted by Gasteiger charge is 2.39. The molecule has 5 N–H and O–H groups in total. The number of alkyl carbamates (subject to hydrolysis) is 1. The predicted octanol–water partition coefficient (Wildman–Crippen LogP) is 5.79. The summed E-state index contributed by atoms with van der Waals surface area (Å²) < 4.78 is 16.3. The number of aromatic nitrogens is 5. The molecule has 7 heterocycles. The van der Waals surface area contributed by atoms with Crippen molar-refractivity contribution in [3.05, 3.63) is 85.9 Å². The topological polar surface area (TPSA) is 263 Å². The summed E-state index contributed by atoms with van der Waals surface area (Å²) in [6.45, 7) is 7.07. The number of carbonyl (C=O) groups is 5. The molecular weight excluding hydrogens is 941 g/mol. The average molecular weight is 985 g/mol. The molecule has 8 rings (SSSR count). The fourth-order valence-electron chi connectivity index (χ4n) is 7.13. The smallest absolute Gasteiger partial charge is 0.408 e. The van der Waals surface area contributed by atoms with Crippen molar-refractivity contribution in [3.8, 4) is 43.4 Å². The molecule has 1 aromatic carbocycles. The lowest BCUT2D eigenvalue weighted by Crippen LogP contribution is -2.47. The Bertz CT molecular complexity index is 2830. The van der Waals surface area contributed by atoms with Gasteiger partial charge in [-0.15, -0.1) is 45.3 Å². The van der Waals surface area contributed by atoms with Gasteiger partial charge in [0, 0.05) is 33.6 Å². The van der Waals surface area contributed by atoms with Crippen molar-refractivity contribution in [3.63, 3.8) is 0 Å². The SMILES string of the molecule is CCOC(=O)c1csc(-c2ccc(-c3nc(C4=N[C@H](C(=O)N5CCC[C@H]5C(N)=O)CO4)cs3)nc2-c2csc(-c3csc([C@H](NC(=O)CNC(=O)OC(C)(C)C)[C@@H](O)c4ccccc4)n3)n2)n1. The fraction of sp³-hybridized carbons (Fsp3) is 0.341. The van der Waals surface area contributed by atoms with Crippen LogP contribution in [0.5, 0.6) is 0 Å². The number of hydrogen-bond acceptors (Lipinski definition) is 19. The Labute approximate surface area is 399 Å². The maximum atomic E-state index is 13.3. The number of nitrogens with zero attached hydrogens (tertiary/aromatic N) is 7. The maximum Gasteiger partial charge on any atom is 0.408 e. The molecule has 19 nitrogen and oxygen atoms in total. The summed E-state index contributed by atoms with van der Waals surface area (Å²) in [5.41, 5.74) is 8.36. The summed E-state index contributed by atoms with van der Waals surface area (Å²) in [4.78, 5) is 93.5. The highest BCUT2D eigenvalue weighted by molar-refractivity contribution is 7.14. The van der Waals surface area contributed by atoms with Crippen molar-refractivity contribution in [1.29, 1.82) is 0 Å². The van der Waals surface area contributed by atoms with E-state index in [1.165, 1.54) is 50.2 Å². The van der Waals surface area contributed by atoms with Gasteiger partial charge in [0.15, 0.2) is 11.7 Å². The van der Waals surface area contributed by atoms with E-state index in [1.807, 2.05) is 17.5 Å². The molecule has 2 aliphatic heterocycles. The van der Waals surface area contributed by atoms with E-state index in [2.05, 4.69) is 20.6 Å². The van der Waals surface area contributed by atoms with Crippen LogP contribution in [0.4, 0.5) is 4.79 Å². The highest BCUT2D eigenvalue weighted by atomic mass is 32.1. The number of carbonyl (C=O) groups excluding carboxylic acids is 5. The van der Waals surface area contributed by atoms with Crippen LogP contribution >= 0.6 is 45.3 Å². The summed E-state index contributed by atoms with van der Waals surface area (Å²) in [6, 6.07) is 9.95. The van der Waals surface area contributed by atoms with Crippen LogP contribution in [0.1, 0.15) is 79.4 Å². The van der Waals surface area contributed by atoms with Crippen LogP contribution in [0, 0.1) is 0 Å². The van der Waals surface area contributed by atoms with Gasteiger partial charge in [-0.25, -0.2) is 39.5 Å². The fourth-order valence-corrected chi connectivity index (χ4v) is 10.4. The number of esters is 1. The first kappa shape index (κ1) is 47.0. The molecule has 0 bridgehead atoms. The number of aliphatic hydroxyl groups excluding tert-OH is 1. The molecule has 4 atom stereocenters. The minimum Gasteiger partial charge on any atom is -0.473 e. The molecule has 23 heteroatoms. The number of ether oxygens (including phenoxy) is 3. The van der Waals surface area contributed by atoms with Crippen LogP contribution in [0.3, 0.4) is 0 Å². The van der Waals surface area contributed by atoms with E-state index >= 15 is 0 Å². The zero-order chi connectivity index (χ0) is 47.4. The van der Waals surface area contributed by atoms with Crippen molar-refractivity contribution in [1.82, 2.24) is 40.5 Å². The molecule has 0 unspecified atom stereocenters. The zero-order valence-electron chi connectivity index (χ0n) is 36.5. The Hall–Kier alpha value is -6.53. The third-order valence-electron chi connectivity index (χ3n) is 10.2. The molecule has 1 fully saturated rings. The Balaban J connectivity index is 1.07.